The summed E-state index contributed by atoms with van der Waals surface area (Å²) in [6.45, 7) is 0. The maximum Gasteiger partial charge on any atom is 0.294 e. The highest BCUT2D eigenvalue weighted by atomic mass is 32.2. The fourth-order valence-electron chi connectivity index (χ4n) is 1.42. The van der Waals surface area contributed by atoms with E-state index in [9.17, 15) is 18.0 Å². The van der Waals surface area contributed by atoms with Crippen LogP contribution in [0.15, 0.2) is 41.3 Å². The second-order valence-corrected chi connectivity index (χ2v) is 4.74. The quantitative estimate of drug-likeness (QED) is 0.607. The molecule has 2 rings (SSSR count). The van der Waals surface area contributed by atoms with Crippen molar-refractivity contribution in [2.45, 2.75) is 4.90 Å². The van der Waals surface area contributed by atoms with Gasteiger partial charge >= 0.3 is 0 Å². The van der Waals surface area contributed by atoms with Crippen molar-refractivity contribution in [3.8, 4) is 0 Å². The van der Waals surface area contributed by atoms with Crippen LogP contribution in [-0.2, 0) is 19.7 Å². The number of nitrogens with zero attached hydrogens (tertiary/aromatic N) is 1. The molecule has 1 aliphatic heterocycles. The minimum Gasteiger partial charge on any atom is -0.282 e. The predicted octanol–water partition coefficient (Wildman–Crippen LogP) is 0.363. The van der Waals surface area contributed by atoms with E-state index in [4.69, 9.17) is 4.55 Å². The maximum absolute atomic E-state index is 11.3. The zero-order chi connectivity index (χ0) is 12.6. The largest absolute Gasteiger partial charge is 0.294 e. The maximum atomic E-state index is 11.3. The number of anilines is 1. The van der Waals surface area contributed by atoms with Crippen LogP contribution in [0.25, 0.3) is 0 Å². The molecule has 0 atom stereocenters. The smallest absolute Gasteiger partial charge is 0.282 e. The van der Waals surface area contributed by atoms with E-state index < -0.39 is 21.9 Å². The lowest BCUT2D eigenvalue weighted by Crippen LogP contribution is -2.29. The van der Waals surface area contributed by atoms with Gasteiger partial charge in [-0.3, -0.25) is 14.1 Å². The average Bonchev–Trinajstić information content (AvgIpc) is 2.58. The predicted molar refractivity (Wildman–Crippen MR) is 57.9 cm³/mol. The average molecular weight is 253 g/mol. The summed E-state index contributed by atoms with van der Waals surface area (Å²) in [6, 6.07) is 4.77. The van der Waals surface area contributed by atoms with E-state index in [-0.39, 0.29) is 10.6 Å². The highest BCUT2D eigenvalue weighted by Crippen LogP contribution is 2.20. The van der Waals surface area contributed by atoms with Gasteiger partial charge in [0.05, 0.1) is 10.6 Å². The van der Waals surface area contributed by atoms with Gasteiger partial charge in [0.25, 0.3) is 21.9 Å². The van der Waals surface area contributed by atoms with Crippen LogP contribution in [0.5, 0.6) is 0 Å². The Morgan fingerprint density at radius 3 is 1.82 bits per heavy atom. The lowest BCUT2D eigenvalue weighted by molar-refractivity contribution is -0.119. The van der Waals surface area contributed by atoms with Crippen molar-refractivity contribution in [1.82, 2.24) is 0 Å². The van der Waals surface area contributed by atoms with Crippen LogP contribution in [0.3, 0.4) is 0 Å². The fraction of sp³-hybridized carbons (Fsp3) is 0. The van der Waals surface area contributed by atoms with Crippen molar-refractivity contribution < 1.29 is 22.6 Å². The first kappa shape index (κ1) is 11.5. The van der Waals surface area contributed by atoms with Crippen LogP contribution in [0.2, 0.25) is 0 Å². The molecule has 1 heterocycles. The van der Waals surface area contributed by atoms with Gasteiger partial charge in [-0.1, -0.05) is 0 Å². The number of benzene rings is 1. The molecule has 0 fully saturated rings. The first-order valence-electron chi connectivity index (χ1n) is 4.53. The molecule has 1 aromatic rings. The molecule has 1 aliphatic rings. The van der Waals surface area contributed by atoms with Crippen LogP contribution in [0.1, 0.15) is 0 Å². The summed E-state index contributed by atoms with van der Waals surface area (Å²) >= 11 is 0. The lowest BCUT2D eigenvalue weighted by atomic mass is 10.3. The van der Waals surface area contributed by atoms with Crippen LogP contribution in [0, 0.1) is 0 Å². The molecule has 0 spiro atoms. The molecular formula is C10H7NO5S. The second-order valence-electron chi connectivity index (χ2n) is 3.31. The zero-order valence-corrected chi connectivity index (χ0v) is 9.22. The zero-order valence-electron chi connectivity index (χ0n) is 8.40. The monoisotopic (exact) mass is 253 g/mol. The third-order valence-electron chi connectivity index (χ3n) is 2.20. The van der Waals surface area contributed by atoms with E-state index in [1.54, 1.807) is 0 Å². The number of imide groups is 1. The van der Waals surface area contributed by atoms with Gasteiger partial charge in [0.15, 0.2) is 0 Å². The number of hydrogen-bond acceptors (Lipinski definition) is 4. The molecule has 0 saturated carbocycles. The molecule has 17 heavy (non-hydrogen) atoms. The summed E-state index contributed by atoms with van der Waals surface area (Å²) in [5.41, 5.74) is 0.248. The molecule has 0 aromatic heterocycles. The van der Waals surface area contributed by atoms with E-state index in [1.165, 1.54) is 12.1 Å². The Kier molecular flexibility index (Phi) is 2.56. The van der Waals surface area contributed by atoms with E-state index in [2.05, 4.69) is 0 Å². The molecule has 0 saturated heterocycles. The van der Waals surface area contributed by atoms with Crippen LogP contribution in [0.4, 0.5) is 5.69 Å². The van der Waals surface area contributed by atoms with Gasteiger partial charge in [-0.25, -0.2) is 4.90 Å². The van der Waals surface area contributed by atoms with E-state index in [1.807, 2.05) is 0 Å². The summed E-state index contributed by atoms with van der Waals surface area (Å²) in [6.07, 6.45) is 2.25. The summed E-state index contributed by atoms with van der Waals surface area (Å²) in [5, 5.41) is 0. The highest BCUT2D eigenvalue weighted by molar-refractivity contribution is 7.85. The Morgan fingerprint density at radius 1 is 0.941 bits per heavy atom. The van der Waals surface area contributed by atoms with Crippen molar-refractivity contribution in [3.05, 3.63) is 36.4 Å². The van der Waals surface area contributed by atoms with Crippen molar-refractivity contribution in [1.29, 1.82) is 0 Å². The van der Waals surface area contributed by atoms with Gasteiger partial charge in [-0.05, 0) is 24.3 Å². The van der Waals surface area contributed by atoms with Crippen molar-refractivity contribution >= 4 is 27.6 Å². The van der Waals surface area contributed by atoms with E-state index in [0.29, 0.717) is 0 Å². The number of carbonyl (C=O) groups is 2. The molecule has 1 N–H and O–H groups in total. The Bertz CT molecular complexity index is 597. The summed E-state index contributed by atoms with van der Waals surface area (Å²) in [4.78, 5) is 23.2. The molecule has 0 aliphatic carbocycles. The topological polar surface area (TPSA) is 91.8 Å². The standard InChI is InChI=1S/C10H7NO5S/c12-9-5-6-10(13)11(9)7-1-3-8(4-2-7)17(14,15)16/h1-6H,(H,14,15,16). The molecule has 6 nitrogen and oxygen atoms in total. The van der Waals surface area contributed by atoms with Crippen LogP contribution in [-0.4, -0.2) is 24.8 Å². The summed E-state index contributed by atoms with van der Waals surface area (Å²) in [7, 11) is -4.27. The minimum atomic E-state index is -4.27. The Morgan fingerprint density at radius 2 is 1.41 bits per heavy atom. The molecule has 0 radical (unpaired) electrons. The van der Waals surface area contributed by atoms with Crippen molar-refractivity contribution in [2.75, 3.05) is 4.90 Å². The van der Waals surface area contributed by atoms with Gasteiger partial charge in [0, 0.05) is 12.2 Å². The molecule has 88 valence electrons. The van der Waals surface area contributed by atoms with Gasteiger partial charge < -0.3 is 0 Å². The highest BCUT2D eigenvalue weighted by Gasteiger charge is 2.25. The number of amides is 2. The molecule has 7 heteroatoms. The fourth-order valence-corrected chi connectivity index (χ4v) is 1.90. The molecule has 1 aromatic carbocycles. The first-order chi connectivity index (χ1) is 7.89. The Hall–Kier alpha value is -1.99. The van der Waals surface area contributed by atoms with Gasteiger partial charge in [0.2, 0.25) is 0 Å². The Balaban J connectivity index is 2.37. The van der Waals surface area contributed by atoms with Gasteiger partial charge in [0.1, 0.15) is 0 Å². The molecule has 2 amide bonds. The van der Waals surface area contributed by atoms with Crippen molar-refractivity contribution in [3.63, 3.8) is 0 Å². The van der Waals surface area contributed by atoms with Crippen molar-refractivity contribution in [2.24, 2.45) is 0 Å². The SMILES string of the molecule is O=C1C=CC(=O)N1c1ccc(S(=O)(=O)O)cc1. The minimum absolute atomic E-state index is 0.248. The first-order valence-corrected chi connectivity index (χ1v) is 5.97. The number of hydrogen-bond donors (Lipinski definition) is 1. The van der Waals surface area contributed by atoms with Crippen LogP contribution >= 0.6 is 0 Å². The Labute approximate surface area is 96.9 Å². The third kappa shape index (κ3) is 2.10. The summed E-state index contributed by atoms with van der Waals surface area (Å²) < 4.78 is 30.3. The second kappa shape index (κ2) is 3.79. The molecular weight excluding hydrogens is 246 g/mol. The third-order valence-corrected chi connectivity index (χ3v) is 3.07. The van der Waals surface area contributed by atoms with Gasteiger partial charge in [-0.2, -0.15) is 8.42 Å². The van der Waals surface area contributed by atoms with Gasteiger partial charge in [-0.15, -0.1) is 0 Å². The molecule has 0 unspecified atom stereocenters. The lowest BCUT2D eigenvalue weighted by Gasteiger charge is -2.13. The summed E-state index contributed by atoms with van der Waals surface area (Å²) in [5.74, 6) is -0.982. The normalized spacial score (nSPS) is 15.7. The molecule has 0 bridgehead atoms. The number of carbonyl (C=O) groups excluding carboxylic acids is 2. The van der Waals surface area contributed by atoms with Crippen LogP contribution < -0.4 is 4.90 Å². The van der Waals surface area contributed by atoms with E-state index in [0.717, 1.165) is 29.2 Å². The number of rotatable bonds is 2. The van der Waals surface area contributed by atoms with E-state index >= 15 is 0 Å².